The number of carbonyl (C=O) groups excluding carboxylic acids is 1. The fourth-order valence-corrected chi connectivity index (χ4v) is 2.57. The molecule has 0 heterocycles. The van der Waals surface area contributed by atoms with Crippen molar-refractivity contribution in [1.82, 2.24) is 5.32 Å². The lowest BCUT2D eigenvalue weighted by atomic mass is 9.95. The summed E-state index contributed by atoms with van der Waals surface area (Å²) in [6.45, 7) is 2.41. The summed E-state index contributed by atoms with van der Waals surface area (Å²) in [4.78, 5) is 12.3. The average Bonchev–Trinajstić information content (AvgIpc) is 3.16. The van der Waals surface area contributed by atoms with E-state index in [0.29, 0.717) is 6.54 Å². The molecule has 1 aromatic rings. The van der Waals surface area contributed by atoms with Crippen LogP contribution in [-0.4, -0.2) is 23.7 Å². The lowest BCUT2D eigenvalue weighted by Crippen LogP contribution is -2.35. The van der Waals surface area contributed by atoms with E-state index in [0.717, 1.165) is 35.7 Å². The summed E-state index contributed by atoms with van der Waals surface area (Å²) in [6.07, 6.45) is 3.11. The molecule has 1 atom stereocenters. The number of carbonyl (C=O) groups is 1. The Morgan fingerprint density at radius 1 is 1.42 bits per heavy atom. The first kappa shape index (κ1) is 14.5. The van der Waals surface area contributed by atoms with Gasteiger partial charge in [0.25, 0.3) is 0 Å². The summed E-state index contributed by atoms with van der Waals surface area (Å²) >= 11 is 3.41. The smallest absolute Gasteiger partial charge is 0.230 e. The predicted molar refractivity (Wildman–Crippen MR) is 79.0 cm³/mol. The van der Waals surface area contributed by atoms with Crippen LogP contribution in [0.4, 0.5) is 0 Å². The van der Waals surface area contributed by atoms with Gasteiger partial charge in [-0.05, 0) is 50.3 Å². The van der Waals surface area contributed by atoms with Gasteiger partial charge in [0, 0.05) is 11.0 Å². The second kappa shape index (κ2) is 6.06. The molecule has 2 N–H and O–H groups in total. The Balaban J connectivity index is 1.89. The van der Waals surface area contributed by atoms with Gasteiger partial charge in [0.05, 0.1) is 11.5 Å². The highest BCUT2D eigenvalue weighted by Gasteiger charge is 2.50. The quantitative estimate of drug-likeness (QED) is 0.790. The Kier molecular flexibility index (Phi) is 4.63. The number of benzene rings is 1. The maximum Gasteiger partial charge on any atom is 0.230 e. The van der Waals surface area contributed by atoms with Crippen LogP contribution in [0.2, 0.25) is 0 Å². The maximum absolute atomic E-state index is 12.3. The molecule has 0 aliphatic heterocycles. The molecule has 0 saturated heterocycles. The topological polar surface area (TPSA) is 49.3 Å². The molecule has 1 unspecified atom stereocenters. The van der Waals surface area contributed by atoms with Gasteiger partial charge in [0.2, 0.25) is 5.91 Å². The van der Waals surface area contributed by atoms with Crippen molar-refractivity contribution in [2.24, 2.45) is 0 Å². The lowest BCUT2D eigenvalue weighted by molar-refractivity contribution is -0.123. The van der Waals surface area contributed by atoms with E-state index in [9.17, 15) is 9.90 Å². The van der Waals surface area contributed by atoms with E-state index in [4.69, 9.17) is 0 Å². The van der Waals surface area contributed by atoms with Gasteiger partial charge in [0.15, 0.2) is 0 Å². The highest BCUT2D eigenvalue weighted by Crippen LogP contribution is 2.48. The molecule has 1 aliphatic carbocycles. The largest absolute Gasteiger partial charge is 0.393 e. The first-order valence-corrected chi connectivity index (χ1v) is 7.56. The zero-order valence-corrected chi connectivity index (χ0v) is 12.7. The molecule has 1 fully saturated rings. The molecule has 4 heteroatoms. The fraction of sp³-hybridized carbons (Fsp3) is 0.533. The van der Waals surface area contributed by atoms with Crippen molar-refractivity contribution in [2.75, 3.05) is 6.54 Å². The van der Waals surface area contributed by atoms with Crippen molar-refractivity contribution in [3.05, 3.63) is 34.3 Å². The highest BCUT2D eigenvalue weighted by molar-refractivity contribution is 9.10. The molecule has 2 rings (SSSR count). The maximum atomic E-state index is 12.3. The molecule has 0 bridgehead atoms. The number of nitrogens with one attached hydrogen (secondary N) is 1. The average molecular weight is 326 g/mol. The van der Waals surface area contributed by atoms with E-state index in [1.54, 1.807) is 6.92 Å². The van der Waals surface area contributed by atoms with Crippen LogP contribution in [0.1, 0.15) is 38.2 Å². The van der Waals surface area contributed by atoms with Gasteiger partial charge in [-0.2, -0.15) is 0 Å². The minimum Gasteiger partial charge on any atom is -0.393 e. The van der Waals surface area contributed by atoms with Crippen LogP contribution in [0.5, 0.6) is 0 Å². The minimum absolute atomic E-state index is 0.125. The molecule has 3 nitrogen and oxygen atoms in total. The van der Waals surface area contributed by atoms with Gasteiger partial charge >= 0.3 is 0 Å². The third kappa shape index (κ3) is 3.57. The van der Waals surface area contributed by atoms with Gasteiger partial charge in [-0.25, -0.2) is 0 Å². The summed E-state index contributed by atoms with van der Waals surface area (Å²) in [6, 6.07) is 8.01. The van der Waals surface area contributed by atoms with Crippen molar-refractivity contribution in [3.63, 3.8) is 0 Å². The van der Waals surface area contributed by atoms with E-state index >= 15 is 0 Å². The van der Waals surface area contributed by atoms with Gasteiger partial charge in [0.1, 0.15) is 0 Å². The summed E-state index contributed by atoms with van der Waals surface area (Å²) in [5.74, 6) is 0.125. The molecule has 104 valence electrons. The predicted octanol–water partition coefficient (Wildman–Crippen LogP) is 2.76. The SMILES string of the molecule is CC(O)CCCNC(=O)C1(c2ccc(Br)cc2)CC1. The van der Waals surface area contributed by atoms with Crippen LogP contribution in [0.15, 0.2) is 28.7 Å². The standard InChI is InChI=1S/C15H20BrNO2/c1-11(18)3-2-10-17-14(19)15(8-9-15)12-4-6-13(16)7-5-12/h4-7,11,18H,2-3,8-10H2,1H3,(H,17,19). The van der Waals surface area contributed by atoms with Gasteiger partial charge < -0.3 is 10.4 Å². The summed E-state index contributed by atoms with van der Waals surface area (Å²) in [5, 5.41) is 12.2. The molecule has 0 radical (unpaired) electrons. The number of hydrogen-bond donors (Lipinski definition) is 2. The third-order valence-electron chi connectivity index (χ3n) is 3.67. The van der Waals surface area contributed by atoms with Crippen molar-refractivity contribution in [1.29, 1.82) is 0 Å². The van der Waals surface area contributed by atoms with E-state index in [2.05, 4.69) is 21.2 Å². The van der Waals surface area contributed by atoms with Crippen LogP contribution >= 0.6 is 15.9 Å². The van der Waals surface area contributed by atoms with Crippen LogP contribution in [0.25, 0.3) is 0 Å². The van der Waals surface area contributed by atoms with Crippen LogP contribution < -0.4 is 5.32 Å². The summed E-state index contributed by atoms with van der Waals surface area (Å²) < 4.78 is 1.03. The lowest BCUT2D eigenvalue weighted by Gasteiger charge is -2.16. The first-order chi connectivity index (χ1) is 9.04. The van der Waals surface area contributed by atoms with E-state index < -0.39 is 0 Å². The Morgan fingerprint density at radius 3 is 2.58 bits per heavy atom. The third-order valence-corrected chi connectivity index (χ3v) is 4.19. The van der Waals surface area contributed by atoms with Gasteiger partial charge in [-0.1, -0.05) is 28.1 Å². The van der Waals surface area contributed by atoms with Crippen LogP contribution in [0, 0.1) is 0 Å². The molecule has 1 saturated carbocycles. The molecule has 1 aliphatic rings. The van der Waals surface area contributed by atoms with Crippen molar-refractivity contribution in [3.8, 4) is 0 Å². The van der Waals surface area contributed by atoms with E-state index in [1.165, 1.54) is 0 Å². The number of halogens is 1. The van der Waals surface area contributed by atoms with E-state index in [1.807, 2.05) is 24.3 Å². The van der Waals surface area contributed by atoms with Crippen LogP contribution in [0.3, 0.4) is 0 Å². The molecular weight excluding hydrogens is 306 g/mol. The first-order valence-electron chi connectivity index (χ1n) is 6.77. The summed E-state index contributed by atoms with van der Waals surface area (Å²) in [7, 11) is 0. The molecule has 1 amide bonds. The molecule has 1 aromatic carbocycles. The molecular formula is C15H20BrNO2. The number of aliphatic hydroxyl groups is 1. The zero-order chi connectivity index (χ0) is 13.9. The van der Waals surface area contributed by atoms with Crippen molar-refractivity contribution >= 4 is 21.8 Å². The Morgan fingerprint density at radius 2 is 2.05 bits per heavy atom. The van der Waals surface area contributed by atoms with E-state index in [-0.39, 0.29) is 17.4 Å². The molecule has 0 aromatic heterocycles. The van der Waals surface area contributed by atoms with Gasteiger partial charge in [-0.3, -0.25) is 4.79 Å². The highest BCUT2D eigenvalue weighted by atomic mass is 79.9. The zero-order valence-electron chi connectivity index (χ0n) is 11.2. The number of amides is 1. The normalized spacial score (nSPS) is 17.8. The Hall–Kier alpha value is -0.870. The molecule has 19 heavy (non-hydrogen) atoms. The fourth-order valence-electron chi connectivity index (χ4n) is 2.31. The second-order valence-electron chi connectivity index (χ2n) is 5.34. The number of aliphatic hydroxyl groups excluding tert-OH is 1. The number of hydrogen-bond acceptors (Lipinski definition) is 2. The Labute approximate surface area is 122 Å². The monoisotopic (exact) mass is 325 g/mol. The van der Waals surface area contributed by atoms with Gasteiger partial charge in [-0.15, -0.1) is 0 Å². The second-order valence-corrected chi connectivity index (χ2v) is 6.25. The van der Waals surface area contributed by atoms with Crippen LogP contribution in [-0.2, 0) is 10.2 Å². The number of rotatable bonds is 6. The van der Waals surface area contributed by atoms with Crippen molar-refractivity contribution in [2.45, 2.75) is 44.1 Å². The molecule has 0 spiro atoms. The summed E-state index contributed by atoms with van der Waals surface area (Å²) in [5.41, 5.74) is 0.801. The van der Waals surface area contributed by atoms with Crippen molar-refractivity contribution < 1.29 is 9.90 Å². The Bertz CT molecular complexity index is 438. The minimum atomic E-state index is -0.300.